The standard InChI is InChI=1S/C14H10BrF2NO/c15-12-3-1-10(2-4-12)8-18-19-9-11-5-13(16)7-14(17)6-11/h1-8H,9H2. The number of hydrogen-bond acceptors (Lipinski definition) is 2. The molecule has 0 saturated heterocycles. The molecule has 2 aromatic rings. The molecule has 19 heavy (non-hydrogen) atoms. The molecule has 5 heteroatoms. The van der Waals surface area contributed by atoms with Gasteiger partial charge in [-0.1, -0.05) is 33.2 Å². The SMILES string of the molecule is Fc1cc(F)cc(CON=Cc2ccc(Br)cc2)c1. The topological polar surface area (TPSA) is 21.6 Å². The lowest BCUT2D eigenvalue weighted by atomic mass is 10.2. The average Bonchev–Trinajstić information content (AvgIpc) is 2.36. The summed E-state index contributed by atoms with van der Waals surface area (Å²) in [6, 6.07) is 10.7. The molecule has 2 aromatic carbocycles. The Labute approximate surface area is 117 Å². The summed E-state index contributed by atoms with van der Waals surface area (Å²) in [4.78, 5) is 4.99. The second kappa shape index (κ2) is 6.43. The molecule has 0 fully saturated rings. The van der Waals surface area contributed by atoms with Crippen LogP contribution in [0.15, 0.2) is 52.1 Å². The Morgan fingerprint density at radius 1 is 1.05 bits per heavy atom. The van der Waals surface area contributed by atoms with E-state index in [1.807, 2.05) is 24.3 Å². The van der Waals surface area contributed by atoms with Gasteiger partial charge in [0.05, 0.1) is 6.21 Å². The van der Waals surface area contributed by atoms with Crippen LogP contribution in [0.4, 0.5) is 8.78 Å². The fourth-order valence-electron chi connectivity index (χ4n) is 1.45. The highest BCUT2D eigenvalue weighted by Crippen LogP contribution is 2.10. The van der Waals surface area contributed by atoms with E-state index >= 15 is 0 Å². The minimum Gasteiger partial charge on any atom is -0.391 e. The smallest absolute Gasteiger partial charge is 0.142 e. The second-order valence-corrected chi connectivity index (χ2v) is 4.75. The molecule has 0 unspecified atom stereocenters. The fraction of sp³-hybridized carbons (Fsp3) is 0.0714. The van der Waals surface area contributed by atoms with Gasteiger partial charge in [-0.2, -0.15) is 0 Å². The molecule has 0 spiro atoms. The molecule has 2 nitrogen and oxygen atoms in total. The molecule has 0 amide bonds. The first kappa shape index (κ1) is 13.7. The molecular formula is C14H10BrF2NO. The van der Waals surface area contributed by atoms with Crippen LogP contribution in [0, 0.1) is 11.6 Å². The third-order valence-corrected chi connectivity index (χ3v) is 2.83. The molecule has 0 aliphatic rings. The third kappa shape index (κ3) is 4.44. The van der Waals surface area contributed by atoms with Crippen molar-refractivity contribution in [2.24, 2.45) is 5.16 Å². The van der Waals surface area contributed by atoms with Gasteiger partial charge in [-0.25, -0.2) is 8.78 Å². The van der Waals surface area contributed by atoms with Gasteiger partial charge in [0.1, 0.15) is 18.2 Å². The maximum atomic E-state index is 12.9. The summed E-state index contributed by atoms with van der Waals surface area (Å²) in [5, 5.41) is 3.74. The number of oxime groups is 1. The largest absolute Gasteiger partial charge is 0.391 e. The lowest BCUT2D eigenvalue weighted by Crippen LogP contribution is -1.91. The summed E-state index contributed by atoms with van der Waals surface area (Å²) in [7, 11) is 0. The summed E-state index contributed by atoms with van der Waals surface area (Å²) in [6.45, 7) is 0.0156. The predicted molar refractivity (Wildman–Crippen MR) is 72.9 cm³/mol. The van der Waals surface area contributed by atoms with Gasteiger partial charge < -0.3 is 4.84 Å². The van der Waals surface area contributed by atoms with Gasteiger partial charge >= 0.3 is 0 Å². The maximum absolute atomic E-state index is 12.9. The van der Waals surface area contributed by atoms with Crippen LogP contribution in [0.3, 0.4) is 0 Å². The van der Waals surface area contributed by atoms with Crippen LogP contribution < -0.4 is 0 Å². The Morgan fingerprint density at radius 2 is 1.68 bits per heavy atom. The minimum atomic E-state index is -0.629. The summed E-state index contributed by atoms with van der Waals surface area (Å²) in [5.74, 6) is -1.26. The molecular weight excluding hydrogens is 316 g/mol. The average molecular weight is 326 g/mol. The van der Waals surface area contributed by atoms with E-state index in [9.17, 15) is 8.78 Å². The Kier molecular flexibility index (Phi) is 4.63. The molecule has 0 heterocycles. The highest BCUT2D eigenvalue weighted by atomic mass is 79.9. The number of hydrogen-bond donors (Lipinski definition) is 0. The lowest BCUT2D eigenvalue weighted by Gasteiger charge is -2.00. The molecule has 0 aliphatic carbocycles. The van der Waals surface area contributed by atoms with Crippen LogP contribution in [0.1, 0.15) is 11.1 Å². The van der Waals surface area contributed by atoms with E-state index in [1.165, 1.54) is 18.3 Å². The van der Waals surface area contributed by atoms with Crippen LogP contribution in [0.25, 0.3) is 0 Å². The molecule has 98 valence electrons. The molecule has 0 N–H and O–H groups in total. The number of benzene rings is 2. The van der Waals surface area contributed by atoms with Crippen LogP contribution in [0.5, 0.6) is 0 Å². The van der Waals surface area contributed by atoms with E-state index in [2.05, 4.69) is 21.1 Å². The molecule has 0 radical (unpaired) electrons. The molecule has 2 rings (SSSR count). The second-order valence-electron chi connectivity index (χ2n) is 3.84. The molecule has 0 aliphatic heterocycles. The third-order valence-electron chi connectivity index (χ3n) is 2.30. The van der Waals surface area contributed by atoms with Crippen molar-refractivity contribution in [3.05, 3.63) is 69.7 Å². The van der Waals surface area contributed by atoms with E-state index in [1.54, 1.807) is 0 Å². The van der Waals surface area contributed by atoms with Gasteiger partial charge in [0.15, 0.2) is 0 Å². The first-order chi connectivity index (χ1) is 9.13. The quantitative estimate of drug-likeness (QED) is 0.607. The van der Waals surface area contributed by atoms with Crippen molar-refractivity contribution < 1.29 is 13.6 Å². The fourth-order valence-corrected chi connectivity index (χ4v) is 1.72. The molecule has 0 atom stereocenters. The zero-order chi connectivity index (χ0) is 13.7. The van der Waals surface area contributed by atoms with Gasteiger partial charge in [0.2, 0.25) is 0 Å². The summed E-state index contributed by atoms with van der Waals surface area (Å²) < 4.78 is 26.8. The summed E-state index contributed by atoms with van der Waals surface area (Å²) in [6.07, 6.45) is 1.53. The predicted octanol–water partition coefficient (Wildman–Crippen LogP) is 4.28. The van der Waals surface area contributed by atoms with Crippen molar-refractivity contribution >= 4 is 22.1 Å². The van der Waals surface area contributed by atoms with Crippen LogP contribution in [-0.4, -0.2) is 6.21 Å². The van der Waals surface area contributed by atoms with Crippen molar-refractivity contribution in [1.82, 2.24) is 0 Å². The lowest BCUT2D eigenvalue weighted by molar-refractivity contribution is 0.131. The van der Waals surface area contributed by atoms with Gasteiger partial charge in [-0.05, 0) is 35.4 Å². The van der Waals surface area contributed by atoms with Crippen LogP contribution in [0.2, 0.25) is 0 Å². The Morgan fingerprint density at radius 3 is 2.32 bits per heavy atom. The van der Waals surface area contributed by atoms with E-state index in [0.29, 0.717) is 5.56 Å². The maximum Gasteiger partial charge on any atom is 0.142 e. The van der Waals surface area contributed by atoms with Crippen LogP contribution in [-0.2, 0) is 11.4 Å². The Hall–Kier alpha value is -1.75. The first-order valence-corrected chi connectivity index (χ1v) is 6.29. The number of rotatable bonds is 4. The van der Waals surface area contributed by atoms with E-state index in [4.69, 9.17) is 4.84 Å². The Bertz CT molecular complexity index is 564. The van der Waals surface area contributed by atoms with Gasteiger partial charge in [-0.15, -0.1) is 0 Å². The minimum absolute atomic E-state index is 0.0156. The molecule has 0 bridgehead atoms. The monoisotopic (exact) mass is 325 g/mol. The molecule has 0 aromatic heterocycles. The van der Waals surface area contributed by atoms with E-state index in [0.717, 1.165) is 16.1 Å². The van der Waals surface area contributed by atoms with Gasteiger partial charge in [0.25, 0.3) is 0 Å². The van der Waals surface area contributed by atoms with Crippen molar-refractivity contribution in [2.75, 3.05) is 0 Å². The van der Waals surface area contributed by atoms with Crippen molar-refractivity contribution in [1.29, 1.82) is 0 Å². The Balaban J connectivity index is 1.91. The van der Waals surface area contributed by atoms with Crippen LogP contribution >= 0.6 is 15.9 Å². The zero-order valence-corrected chi connectivity index (χ0v) is 11.4. The number of nitrogens with zero attached hydrogens (tertiary/aromatic N) is 1. The first-order valence-electron chi connectivity index (χ1n) is 5.49. The molecule has 0 saturated carbocycles. The number of halogens is 3. The van der Waals surface area contributed by atoms with E-state index in [-0.39, 0.29) is 6.61 Å². The van der Waals surface area contributed by atoms with Crippen molar-refractivity contribution in [2.45, 2.75) is 6.61 Å². The van der Waals surface area contributed by atoms with Crippen molar-refractivity contribution in [3.8, 4) is 0 Å². The van der Waals surface area contributed by atoms with E-state index < -0.39 is 11.6 Å². The highest BCUT2D eigenvalue weighted by molar-refractivity contribution is 9.10. The normalized spacial score (nSPS) is 10.9. The highest BCUT2D eigenvalue weighted by Gasteiger charge is 2.00. The summed E-state index contributed by atoms with van der Waals surface area (Å²) >= 11 is 3.32. The van der Waals surface area contributed by atoms with Gasteiger partial charge in [-0.3, -0.25) is 0 Å². The summed E-state index contributed by atoms with van der Waals surface area (Å²) in [5.41, 5.74) is 1.26. The zero-order valence-electron chi connectivity index (χ0n) is 9.82. The van der Waals surface area contributed by atoms with Crippen molar-refractivity contribution in [3.63, 3.8) is 0 Å². The van der Waals surface area contributed by atoms with Gasteiger partial charge in [0, 0.05) is 10.5 Å².